The molecule has 6 heteroatoms. The average molecular weight is 451 g/mol. The Hall–Kier alpha value is -2.11. The number of carbonyl (C=O) groups excluding carboxylic acids is 2. The Morgan fingerprint density at radius 3 is 2.44 bits per heavy atom. The lowest BCUT2D eigenvalue weighted by molar-refractivity contribution is -0.139. The van der Waals surface area contributed by atoms with Gasteiger partial charge in [-0.05, 0) is 64.2 Å². The first kappa shape index (κ1) is 21.2. The number of halogens is 2. The minimum atomic E-state index is -0.578. The summed E-state index contributed by atoms with van der Waals surface area (Å²) in [5.74, 6) is -0.564. The van der Waals surface area contributed by atoms with E-state index >= 15 is 0 Å². The summed E-state index contributed by atoms with van der Waals surface area (Å²) in [6.07, 6.45) is 2.32. The van der Waals surface area contributed by atoms with Crippen LogP contribution in [0.25, 0.3) is 6.08 Å². The quantitative estimate of drug-likeness (QED) is 0.450. The van der Waals surface area contributed by atoms with E-state index in [-0.39, 0.29) is 5.70 Å². The van der Waals surface area contributed by atoms with Gasteiger partial charge in [-0.25, -0.2) is 4.79 Å². The third kappa shape index (κ3) is 6.85. The average Bonchev–Trinajstić information content (AvgIpc) is 2.62. The highest BCUT2D eigenvalue weighted by Gasteiger charge is 2.17. The van der Waals surface area contributed by atoms with E-state index in [4.69, 9.17) is 16.3 Å². The minimum absolute atomic E-state index is 0.0711. The fourth-order valence-electron chi connectivity index (χ4n) is 2.17. The van der Waals surface area contributed by atoms with Crippen LogP contribution in [0, 0.1) is 5.92 Å². The molecule has 4 nitrogen and oxygen atoms in total. The molecule has 0 bridgehead atoms. The van der Waals surface area contributed by atoms with Gasteiger partial charge >= 0.3 is 5.97 Å². The molecule has 0 aliphatic rings. The van der Waals surface area contributed by atoms with Crippen LogP contribution in [-0.4, -0.2) is 18.5 Å². The Morgan fingerprint density at radius 2 is 1.81 bits per heavy atom. The van der Waals surface area contributed by atoms with Gasteiger partial charge in [0.1, 0.15) is 5.70 Å². The van der Waals surface area contributed by atoms with Crippen LogP contribution in [0.5, 0.6) is 0 Å². The number of ether oxygens (including phenoxy) is 1. The summed E-state index contributed by atoms with van der Waals surface area (Å²) in [5.41, 5.74) is 1.22. The van der Waals surface area contributed by atoms with Crippen molar-refractivity contribution in [1.29, 1.82) is 0 Å². The van der Waals surface area contributed by atoms with Gasteiger partial charge in [-0.1, -0.05) is 49.7 Å². The van der Waals surface area contributed by atoms with E-state index in [1.165, 1.54) is 0 Å². The van der Waals surface area contributed by atoms with Crippen molar-refractivity contribution in [3.05, 3.63) is 74.9 Å². The lowest BCUT2D eigenvalue weighted by Crippen LogP contribution is -2.29. The summed E-state index contributed by atoms with van der Waals surface area (Å²) < 4.78 is 5.96. The molecule has 0 unspecified atom stereocenters. The monoisotopic (exact) mass is 449 g/mol. The van der Waals surface area contributed by atoms with E-state index in [1.54, 1.807) is 48.5 Å². The highest BCUT2D eigenvalue weighted by atomic mass is 79.9. The first-order valence-electron chi connectivity index (χ1n) is 8.57. The summed E-state index contributed by atoms with van der Waals surface area (Å²) in [7, 11) is 0. The molecule has 0 saturated heterocycles. The number of esters is 1. The zero-order valence-corrected chi connectivity index (χ0v) is 17.5. The zero-order valence-electron chi connectivity index (χ0n) is 15.2. The largest absolute Gasteiger partial charge is 0.461 e. The van der Waals surface area contributed by atoms with Crippen molar-refractivity contribution in [2.45, 2.75) is 20.3 Å². The molecule has 2 rings (SSSR count). The van der Waals surface area contributed by atoms with Crippen LogP contribution in [-0.2, 0) is 9.53 Å². The Bertz CT molecular complexity index is 832. The van der Waals surface area contributed by atoms with Gasteiger partial charge in [0.25, 0.3) is 5.91 Å². The van der Waals surface area contributed by atoms with Crippen molar-refractivity contribution in [2.24, 2.45) is 5.92 Å². The molecule has 0 spiro atoms. The van der Waals surface area contributed by atoms with Crippen LogP contribution in [0.15, 0.2) is 58.7 Å². The molecule has 1 N–H and O–H groups in total. The van der Waals surface area contributed by atoms with Crippen molar-refractivity contribution >= 4 is 45.5 Å². The Morgan fingerprint density at radius 1 is 1.15 bits per heavy atom. The van der Waals surface area contributed by atoms with Gasteiger partial charge in [-0.3, -0.25) is 4.79 Å². The van der Waals surface area contributed by atoms with E-state index in [9.17, 15) is 9.59 Å². The van der Waals surface area contributed by atoms with Crippen LogP contribution in [0.2, 0.25) is 5.02 Å². The second-order valence-corrected chi connectivity index (χ2v) is 7.65. The lowest BCUT2D eigenvalue weighted by Gasteiger charge is -2.12. The van der Waals surface area contributed by atoms with Gasteiger partial charge in [0, 0.05) is 9.50 Å². The third-order valence-electron chi connectivity index (χ3n) is 3.70. The Kier molecular flexibility index (Phi) is 8.07. The van der Waals surface area contributed by atoms with Gasteiger partial charge in [0.05, 0.1) is 12.2 Å². The maximum Gasteiger partial charge on any atom is 0.354 e. The van der Waals surface area contributed by atoms with E-state index in [1.807, 2.05) is 19.9 Å². The van der Waals surface area contributed by atoms with E-state index < -0.39 is 11.9 Å². The van der Waals surface area contributed by atoms with E-state index in [2.05, 4.69) is 21.2 Å². The van der Waals surface area contributed by atoms with Crippen molar-refractivity contribution in [2.75, 3.05) is 6.61 Å². The van der Waals surface area contributed by atoms with Crippen LogP contribution in [0.4, 0.5) is 0 Å². The summed E-state index contributed by atoms with van der Waals surface area (Å²) in [6, 6.07) is 13.9. The molecule has 0 fully saturated rings. The van der Waals surface area contributed by atoms with Gasteiger partial charge in [0.2, 0.25) is 0 Å². The van der Waals surface area contributed by atoms with Gasteiger partial charge in [-0.2, -0.15) is 0 Å². The van der Waals surface area contributed by atoms with Crippen LogP contribution < -0.4 is 5.32 Å². The maximum absolute atomic E-state index is 12.6. The molecule has 0 atom stereocenters. The predicted molar refractivity (Wildman–Crippen MR) is 111 cm³/mol. The predicted octanol–water partition coefficient (Wildman–Crippen LogP) is 5.46. The second kappa shape index (κ2) is 10.3. The van der Waals surface area contributed by atoms with E-state index in [0.29, 0.717) is 27.6 Å². The van der Waals surface area contributed by atoms with E-state index in [0.717, 1.165) is 12.0 Å². The van der Waals surface area contributed by atoms with Gasteiger partial charge in [-0.15, -0.1) is 0 Å². The van der Waals surface area contributed by atoms with Crippen molar-refractivity contribution in [1.82, 2.24) is 5.32 Å². The number of amides is 1. The zero-order chi connectivity index (χ0) is 19.8. The van der Waals surface area contributed by atoms with Crippen LogP contribution in [0.3, 0.4) is 0 Å². The summed E-state index contributed by atoms with van der Waals surface area (Å²) in [6.45, 7) is 4.39. The smallest absolute Gasteiger partial charge is 0.354 e. The highest BCUT2D eigenvalue weighted by molar-refractivity contribution is 9.10. The van der Waals surface area contributed by atoms with Gasteiger partial charge < -0.3 is 10.1 Å². The fourth-order valence-corrected chi connectivity index (χ4v) is 2.76. The fraction of sp³-hybridized carbons (Fsp3) is 0.238. The molecular formula is C21H21BrClNO3. The number of hydrogen-bond donors (Lipinski definition) is 1. The molecule has 0 aromatic heterocycles. The lowest BCUT2D eigenvalue weighted by atomic mass is 10.1. The Labute approximate surface area is 172 Å². The Balaban J connectivity index is 2.23. The SMILES string of the molecule is CC(C)CCOC(=O)/C(=C/c1ccc(Cl)cc1)NC(=O)c1ccccc1Br. The summed E-state index contributed by atoms with van der Waals surface area (Å²) in [5, 5.41) is 3.25. The number of nitrogens with one attached hydrogen (secondary N) is 1. The van der Waals surface area contributed by atoms with Crippen LogP contribution in [0.1, 0.15) is 36.2 Å². The van der Waals surface area contributed by atoms with Crippen molar-refractivity contribution in [3.8, 4) is 0 Å². The second-order valence-electron chi connectivity index (χ2n) is 6.36. The summed E-state index contributed by atoms with van der Waals surface area (Å²) >= 11 is 9.25. The maximum atomic E-state index is 12.6. The molecule has 142 valence electrons. The number of benzene rings is 2. The molecule has 1 amide bonds. The standard InChI is InChI=1S/C21H21BrClNO3/c1-14(2)11-12-27-21(26)19(13-15-7-9-16(23)10-8-15)24-20(25)17-5-3-4-6-18(17)22/h3-10,13-14H,11-12H2,1-2H3,(H,24,25)/b19-13-. The third-order valence-corrected chi connectivity index (χ3v) is 4.64. The molecule has 0 saturated carbocycles. The van der Waals surface area contributed by atoms with Crippen molar-refractivity contribution < 1.29 is 14.3 Å². The topological polar surface area (TPSA) is 55.4 Å². The first-order valence-corrected chi connectivity index (χ1v) is 9.74. The molecule has 0 radical (unpaired) electrons. The number of rotatable bonds is 7. The molecule has 2 aromatic rings. The van der Waals surface area contributed by atoms with Crippen molar-refractivity contribution in [3.63, 3.8) is 0 Å². The summed E-state index contributed by atoms with van der Waals surface area (Å²) in [4.78, 5) is 25.1. The molecule has 0 aliphatic heterocycles. The first-order chi connectivity index (χ1) is 12.9. The molecule has 27 heavy (non-hydrogen) atoms. The normalized spacial score (nSPS) is 11.4. The number of carbonyl (C=O) groups is 2. The molecular weight excluding hydrogens is 430 g/mol. The molecule has 2 aromatic carbocycles. The highest BCUT2D eigenvalue weighted by Crippen LogP contribution is 2.17. The van der Waals surface area contributed by atoms with Gasteiger partial charge in [0.15, 0.2) is 0 Å². The number of hydrogen-bond acceptors (Lipinski definition) is 3. The minimum Gasteiger partial charge on any atom is -0.461 e. The molecule has 0 heterocycles. The van der Waals surface area contributed by atoms with Crippen LogP contribution >= 0.6 is 27.5 Å². The molecule has 0 aliphatic carbocycles.